The summed E-state index contributed by atoms with van der Waals surface area (Å²) in [5.74, 6) is -1.41. The van der Waals surface area contributed by atoms with Crippen LogP contribution in [0, 0.1) is 5.92 Å². The molecule has 6 nitrogen and oxygen atoms in total. The predicted molar refractivity (Wildman–Crippen MR) is 69.0 cm³/mol. The van der Waals surface area contributed by atoms with Gasteiger partial charge in [-0.1, -0.05) is 6.58 Å². The van der Waals surface area contributed by atoms with E-state index in [0.29, 0.717) is 18.4 Å². The van der Waals surface area contributed by atoms with Crippen LogP contribution in [0.3, 0.4) is 0 Å². The predicted octanol–water partition coefficient (Wildman–Crippen LogP) is 0.248. The molecule has 1 N–H and O–H groups in total. The van der Waals surface area contributed by atoms with Crippen molar-refractivity contribution in [1.82, 2.24) is 0 Å². The smallest absolute Gasteiger partial charge is 0.337 e. The van der Waals surface area contributed by atoms with Gasteiger partial charge < -0.3 is 19.3 Å². The summed E-state index contributed by atoms with van der Waals surface area (Å²) >= 11 is 0. The number of carbonyl (C=O) groups is 2. The molecule has 0 aromatic heterocycles. The molecule has 6 unspecified atom stereocenters. The summed E-state index contributed by atoms with van der Waals surface area (Å²) < 4.78 is 16.4. The van der Waals surface area contributed by atoms with Crippen LogP contribution in [0.15, 0.2) is 23.8 Å². The monoisotopic (exact) mass is 292 g/mol. The first-order valence-electron chi connectivity index (χ1n) is 7.07. The van der Waals surface area contributed by atoms with Crippen molar-refractivity contribution in [3.8, 4) is 0 Å². The van der Waals surface area contributed by atoms with E-state index < -0.39 is 41.8 Å². The molecule has 2 bridgehead atoms. The molecule has 1 aliphatic carbocycles. The van der Waals surface area contributed by atoms with Gasteiger partial charge in [-0.2, -0.15) is 0 Å². The van der Waals surface area contributed by atoms with E-state index >= 15 is 0 Å². The molecule has 4 rings (SSSR count). The summed E-state index contributed by atoms with van der Waals surface area (Å²) in [5, 5.41) is 10.2. The number of carbonyl (C=O) groups excluding carboxylic acids is 2. The first kappa shape index (κ1) is 13.0. The third-order valence-corrected chi connectivity index (χ3v) is 4.94. The number of aliphatic hydroxyl groups excluding tert-OH is 1. The molecule has 3 heterocycles. The Kier molecular flexibility index (Phi) is 2.45. The van der Waals surface area contributed by atoms with E-state index in [2.05, 4.69) is 6.58 Å². The van der Waals surface area contributed by atoms with Gasteiger partial charge in [-0.25, -0.2) is 9.59 Å². The number of ether oxygens (including phenoxy) is 3. The molecule has 21 heavy (non-hydrogen) atoms. The fraction of sp³-hybridized carbons (Fsp3) is 0.600. The number of hydrogen-bond acceptors (Lipinski definition) is 6. The summed E-state index contributed by atoms with van der Waals surface area (Å²) in [4.78, 5) is 23.7. The highest BCUT2D eigenvalue weighted by atomic mass is 16.6. The molecule has 4 aliphatic rings. The summed E-state index contributed by atoms with van der Waals surface area (Å²) in [6, 6.07) is 0. The maximum atomic E-state index is 11.9. The van der Waals surface area contributed by atoms with Gasteiger partial charge in [0.15, 0.2) is 0 Å². The summed E-state index contributed by atoms with van der Waals surface area (Å²) in [6.45, 7) is 5.70. The van der Waals surface area contributed by atoms with Gasteiger partial charge >= 0.3 is 11.9 Å². The van der Waals surface area contributed by atoms with Crippen LogP contribution in [0.2, 0.25) is 0 Å². The minimum atomic E-state index is -0.905. The molecule has 0 saturated carbocycles. The Balaban J connectivity index is 1.75. The highest BCUT2D eigenvalue weighted by molar-refractivity contribution is 5.94. The Bertz CT molecular complexity index is 593. The van der Waals surface area contributed by atoms with Crippen molar-refractivity contribution >= 4 is 11.9 Å². The van der Waals surface area contributed by atoms with E-state index in [-0.39, 0.29) is 11.7 Å². The number of epoxide rings is 1. The molecule has 0 aromatic carbocycles. The standard InChI is InChI=1S/C15H16O6/c1-6-12-9-3-7(14(18)19-9)8(16)4-11-15(2,21-11)5-10(12)20-13(6)17/h3,8-12,16H,1,4-5H2,2H3. The molecule has 0 radical (unpaired) electrons. The van der Waals surface area contributed by atoms with Gasteiger partial charge in [0.05, 0.1) is 29.3 Å². The van der Waals surface area contributed by atoms with E-state index in [1.165, 1.54) is 0 Å². The van der Waals surface area contributed by atoms with Gasteiger partial charge in [-0.3, -0.25) is 0 Å². The lowest BCUT2D eigenvalue weighted by molar-refractivity contribution is -0.143. The highest BCUT2D eigenvalue weighted by Crippen LogP contribution is 2.49. The minimum absolute atomic E-state index is 0.147. The van der Waals surface area contributed by atoms with Crippen molar-refractivity contribution in [2.75, 3.05) is 0 Å². The average molecular weight is 292 g/mol. The van der Waals surface area contributed by atoms with Crippen LogP contribution in [0.5, 0.6) is 0 Å². The van der Waals surface area contributed by atoms with Gasteiger partial charge in [0, 0.05) is 18.4 Å². The normalized spacial score (nSPS) is 48.0. The van der Waals surface area contributed by atoms with Crippen LogP contribution in [0.25, 0.3) is 0 Å². The number of fused-ring (bicyclic) bond motifs is 4. The Hall–Kier alpha value is -1.66. The molecular weight excluding hydrogens is 276 g/mol. The molecule has 6 heteroatoms. The zero-order valence-corrected chi connectivity index (χ0v) is 11.6. The lowest BCUT2D eigenvalue weighted by Crippen LogP contribution is -2.33. The van der Waals surface area contributed by atoms with Gasteiger partial charge in [0.1, 0.15) is 12.2 Å². The van der Waals surface area contributed by atoms with Crippen molar-refractivity contribution in [3.63, 3.8) is 0 Å². The summed E-state index contributed by atoms with van der Waals surface area (Å²) in [6.07, 6.45) is 0.383. The lowest BCUT2D eigenvalue weighted by atomic mass is 9.83. The first-order valence-corrected chi connectivity index (χ1v) is 7.07. The molecule has 2 fully saturated rings. The second-order valence-electron chi connectivity index (χ2n) is 6.36. The van der Waals surface area contributed by atoms with Gasteiger partial charge in [0.25, 0.3) is 0 Å². The zero-order valence-electron chi connectivity index (χ0n) is 11.6. The van der Waals surface area contributed by atoms with Crippen LogP contribution in [0.4, 0.5) is 0 Å². The van der Waals surface area contributed by atoms with E-state index in [9.17, 15) is 14.7 Å². The van der Waals surface area contributed by atoms with Crippen LogP contribution >= 0.6 is 0 Å². The molecule has 0 amide bonds. The Morgan fingerprint density at radius 1 is 1.33 bits per heavy atom. The van der Waals surface area contributed by atoms with Crippen LogP contribution < -0.4 is 0 Å². The van der Waals surface area contributed by atoms with Gasteiger partial charge in [-0.15, -0.1) is 0 Å². The average Bonchev–Trinajstić information content (AvgIpc) is 2.73. The second kappa shape index (κ2) is 3.96. The number of rotatable bonds is 0. The minimum Gasteiger partial charge on any atom is -0.458 e. The van der Waals surface area contributed by atoms with Crippen LogP contribution in [-0.4, -0.2) is 47.1 Å². The van der Waals surface area contributed by atoms with Crippen molar-refractivity contribution in [2.24, 2.45) is 5.92 Å². The Morgan fingerprint density at radius 3 is 2.86 bits per heavy atom. The summed E-state index contributed by atoms with van der Waals surface area (Å²) in [5.41, 5.74) is 0.117. The van der Waals surface area contributed by atoms with E-state index in [4.69, 9.17) is 14.2 Å². The Labute approximate surface area is 121 Å². The van der Waals surface area contributed by atoms with Crippen LogP contribution in [-0.2, 0) is 23.8 Å². The molecule has 0 spiro atoms. The van der Waals surface area contributed by atoms with Crippen LogP contribution in [0.1, 0.15) is 19.8 Å². The lowest BCUT2D eigenvalue weighted by Gasteiger charge is -2.23. The highest BCUT2D eigenvalue weighted by Gasteiger charge is 2.59. The quantitative estimate of drug-likeness (QED) is 0.391. The molecule has 112 valence electrons. The molecule has 6 atom stereocenters. The summed E-state index contributed by atoms with van der Waals surface area (Å²) in [7, 11) is 0. The molecule has 3 aliphatic heterocycles. The second-order valence-corrected chi connectivity index (χ2v) is 6.36. The van der Waals surface area contributed by atoms with Gasteiger partial charge in [-0.05, 0) is 13.0 Å². The zero-order chi connectivity index (χ0) is 14.9. The largest absolute Gasteiger partial charge is 0.458 e. The SMILES string of the molecule is C=C1C(=O)OC2CC3(C)OC3CC(O)C3=CC(OC3=O)C12. The fourth-order valence-corrected chi connectivity index (χ4v) is 3.62. The topological polar surface area (TPSA) is 85.4 Å². The molecular formula is C15H16O6. The number of aliphatic hydroxyl groups is 1. The fourth-order valence-electron chi connectivity index (χ4n) is 3.62. The van der Waals surface area contributed by atoms with Crippen molar-refractivity contribution < 1.29 is 28.9 Å². The maximum absolute atomic E-state index is 11.9. The van der Waals surface area contributed by atoms with E-state index in [1.54, 1.807) is 6.08 Å². The molecule has 2 saturated heterocycles. The van der Waals surface area contributed by atoms with Crippen molar-refractivity contribution in [3.05, 3.63) is 23.8 Å². The van der Waals surface area contributed by atoms with E-state index in [0.717, 1.165) is 0 Å². The van der Waals surface area contributed by atoms with Crippen molar-refractivity contribution in [2.45, 2.75) is 49.8 Å². The third-order valence-electron chi connectivity index (χ3n) is 4.94. The number of hydrogen-bond donors (Lipinski definition) is 1. The van der Waals surface area contributed by atoms with Gasteiger partial charge in [0.2, 0.25) is 0 Å². The molecule has 0 aromatic rings. The first-order chi connectivity index (χ1) is 9.89. The van der Waals surface area contributed by atoms with E-state index in [1.807, 2.05) is 6.92 Å². The number of esters is 2. The Morgan fingerprint density at radius 2 is 2.10 bits per heavy atom. The van der Waals surface area contributed by atoms with Crippen molar-refractivity contribution in [1.29, 1.82) is 0 Å². The third kappa shape index (κ3) is 1.79. The maximum Gasteiger partial charge on any atom is 0.337 e.